The van der Waals surface area contributed by atoms with Gasteiger partial charge in [-0.05, 0) is 49.1 Å². The lowest BCUT2D eigenvalue weighted by Gasteiger charge is -2.32. The summed E-state index contributed by atoms with van der Waals surface area (Å²) in [6.07, 6.45) is 3.48. The predicted molar refractivity (Wildman–Crippen MR) is 173 cm³/mol. The first-order valence-electron chi connectivity index (χ1n) is 14.7. The molecule has 0 heterocycles. The topological polar surface area (TPSA) is 96.0 Å². The van der Waals surface area contributed by atoms with E-state index in [1.165, 1.54) is 4.31 Å². The highest BCUT2D eigenvalue weighted by molar-refractivity contribution is 7.92. The van der Waals surface area contributed by atoms with E-state index in [4.69, 9.17) is 16.3 Å². The lowest BCUT2D eigenvalue weighted by Crippen LogP contribution is -2.50. The second-order valence-electron chi connectivity index (χ2n) is 10.3. The summed E-state index contributed by atoms with van der Waals surface area (Å²) in [7, 11) is -3.67. The molecular weight excluding hydrogens is 586 g/mol. The third-order valence-corrected chi connectivity index (χ3v) is 8.53. The number of unbranched alkanes of at least 4 members (excludes halogenated alkanes) is 1. The minimum atomic E-state index is -3.67. The summed E-state index contributed by atoms with van der Waals surface area (Å²) < 4.78 is 32.6. The zero-order valence-electron chi connectivity index (χ0n) is 25.2. The predicted octanol–water partition coefficient (Wildman–Crippen LogP) is 5.84. The number of para-hydroxylation sites is 2. The fourth-order valence-electron chi connectivity index (χ4n) is 4.79. The number of sulfonamides is 1. The van der Waals surface area contributed by atoms with Gasteiger partial charge in [0.1, 0.15) is 11.8 Å². The summed E-state index contributed by atoms with van der Waals surface area (Å²) in [5, 5.41) is 3.51. The number of benzene rings is 3. The molecule has 2 amide bonds. The third-order valence-electron chi connectivity index (χ3n) is 6.99. The van der Waals surface area contributed by atoms with Crippen molar-refractivity contribution in [1.29, 1.82) is 0 Å². The van der Waals surface area contributed by atoms with E-state index >= 15 is 0 Å². The van der Waals surface area contributed by atoms with Gasteiger partial charge in [0.15, 0.2) is 0 Å². The molecule has 0 spiro atoms. The number of rotatable bonds is 17. The van der Waals surface area contributed by atoms with Crippen LogP contribution in [0.2, 0.25) is 5.02 Å². The molecule has 0 radical (unpaired) electrons. The number of nitrogens with one attached hydrogen (secondary N) is 1. The van der Waals surface area contributed by atoms with Crippen molar-refractivity contribution in [3.63, 3.8) is 0 Å². The fourth-order valence-corrected chi connectivity index (χ4v) is 5.96. The van der Waals surface area contributed by atoms with Gasteiger partial charge in [0, 0.05) is 37.5 Å². The minimum absolute atomic E-state index is 0.0286. The first-order valence-corrected chi connectivity index (χ1v) is 16.9. The van der Waals surface area contributed by atoms with E-state index in [-0.39, 0.29) is 37.7 Å². The summed E-state index contributed by atoms with van der Waals surface area (Å²) >= 11 is 6.50. The molecule has 0 aromatic heterocycles. The van der Waals surface area contributed by atoms with Crippen molar-refractivity contribution in [1.82, 2.24) is 10.2 Å². The van der Waals surface area contributed by atoms with Crippen LogP contribution in [0.15, 0.2) is 78.9 Å². The van der Waals surface area contributed by atoms with Crippen LogP contribution in [0.1, 0.15) is 50.7 Å². The Bertz CT molecular complexity index is 1440. The van der Waals surface area contributed by atoms with Gasteiger partial charge in [-0.25, -0.2) is 8.42 Å². The maximum absolute atomic E-state index is 14.0. The summed E-state index contributed by atoms with van der Waals surface area (Å²) in [5.41, 5.74) is 2.07. The molecule has 8 nitrogen and oxygen atoms in total. The Morgan fingerprint density at radius 2 is 1.60 bits per heavy atom. The Balaban J connectivity index is 1.89. The van der Waals surface area contributed by atoms with E-state index in [9.17, 15) is 18.0 Å². The highest BCUT2D eigenvalue weighted by Gasteiger charge is 2.31. The number of hydrogen-bond acceptors (Lipinski definition) is 5. The van der Waals surface area contributed by atoms with Crippen LogP contribution >= 0.6 is 11.6 Å². The summed E-state index contributed by atoms with van der Waals surface area (Å²) in [6.45, 7) is 4.98. The van der Waals surface area contributed by atoms with Crippen LogP contribution in [-0.2, 0) is 32.6 Å². The summed E-state index contributed by atoms with van der Waals surface area (Å²) in [6, 6.07) is 23.0. The van der Waals surface area contributed by atoms with Crippen LogP contribution in [0, 0.1) is 0 Å². The van der Waals surface area contributed by atoms with Crippen molar-refractivity contribution in [2.75, 3.05) is 30.3 Å². The Morgan fingerprint density at radius 3 is 2.28 bits per heavy atom. The van der Waals surface area contributed by atoms with Gasteiger partial charge >= 0.3 is 0 Å². The van der Waals surface area contributed by atoms with Crippen molar-refractivity contribution in [3.05, 3.63) is 95.0 Å². The molecule has 1 N–H and O–H groups in total. The molecule has 3 aromatic carbocycles. The highest BCUT2D eigenvalue weighted by Crippen LogP contribution is 2.30. The maximum Gasteiger partial charge on any atom is 0.243 e. The Morgan fingerprint density at radius 1 is 0.930 bits per heavy atom. The molecule has 0 saturated carbocycles. The molecule has 0 saturated heterocycles. The first-order chi connectivity index (χ1) is 20.7. The van der Waals surface area contributed by atoms with E-state index in [2.05, 4.69) is 5.32 Å². The van der Waals surface area contributed by atoms with Gasteiger partial charge in [-0.3, -0.25) is 13.9 Å². The van der Waals surface area contributed by atoms with Crippen molar-refractivity contribution in [2.24, 2.45) is 0 Å². The fraction of sp³-hybridized carbons (Fsp3) is 0.394. The molecular formula is C33H42ClN3O5S. The molecule has 10 heteroatoms. The number of amides is 2. The van der Waals surface area contributed by atoms with E-state index in [1.807, 2.05) is 62.4 Å². The van der Waals surface area contributed by atoms with Crippen LogP contribution in [0.25, 0.3) is 0 Å². The Labute approximate surface area is 261 Å². The molecule has 43 heavy (non-hydrogen) atoms. The first kappa shape index (κ1) is 33.9. The van der Waals surface area contributed by atoms with E-state index < -0.39 is 16.1 Å². The van der Waals surface area contributed by atoms with Gasteiger partial charge in [-0.2, -0.15) is 0 Å². The number of nitrogens with zero attached hydrogens (tertiary/aromatic N) is 2. The van der Waals surface area contributed by atoms with Crippen molar-refractivity contribution < 1.29 is 22.7 Å². The number of anilines is 1. The van der Waals surface area contributed by atoms with Gasteiger partial charge in [0.05, 0.1) is 18.6 Å². The Kier molecular flexibility index (Phi) is 13.3. The second-order valence-corrected chi connectivity index (χ2v) is 12.6. The average molecular weight is 628 g/mol. The number of halogens is 1. The van der Waals surface area contributed by atoms with Crippen molar-refractivity contribution >= 4 is 39.1 Å². The molecule has 1 atom stereocenters. The lowest BCUT2D eigenvalue weighted by atomic mass is 10.0. The molecule has 0 aliphatic heterocycles. The van der Waals surface area contributed by atoms with Crippen LogP contribution < -0.4 is 14.4 Å². The normalized spacial score (nSPS) is 11.9. The molecule has 0 bridgehead atoms. The largest absolute Gasteiger partial charge is 0.492 e. The van der Waals surface area contributed by atoms with Crippen LogP contribution in [0.3, 0.4) is 0 Å². The van der Waals surface area contributed by atoms with Gasteiger partial charge in [-0.1, -0.05) is 85.6 Å². The van der Waals surface area contributed by atoms with Crippen molar-refractivity contribution in [2.45, 2.75) is 58.5 Å². The molecule has 0 fully saturated rings. The second kappa shape index (κ2) is 16.9. The van der Waals surface area contributed by atoms with Crippen molar-refractivity contribution in [3.8, 4) is 5.75 Å². The molecule has 3 aromatic rings. The molecule has 0 aliphatic carbocycles. The monoisotopic (exact) mass is 627 g/mol. The summed E-state index contributed by atoms with van der Waals surface area (Å²) in [5.74, 6) is -0.0482. The van der Waals surface area contributed by atoms with E-state index in [0.717, 1.165) is 30.2 Å². The minimum Gasteiger partial charge on any atom is -0.492 e. The molecule has 0 aliphatic rings. The lowest BCUT2D eigenvalue weighted by molar-refractivity contribution is -0.141. The van der Waals surface area contributed by atoms with Gasteiger partial charge < -0.3 is 15.0 Å². The van der Waals surface area contributed by atoms with Crippen LogP contribution in [0.5, 0.6) is 5.75 Å². The number of ether oxygens (including phenoxy) is 1. The highest BCUT2D eigenvalue weighted by atomic mass is 35.5. The standard InChI is InChI=1S/C33H42ClN3O5S/c1-4-6-22-35-33(39)30(24-26-15-8-7-9-16-26)36(25-27-17-10-11-18-28(27)34)32(38)21-14-23-37(43(3,40)41)29-19-12-13-20-31(29)42-5-2/h7-13,15-20,30H,4-6,14,21-25H2,1-3H3,(H,35,39)/t30-/m0/s1. The smallest absolute Gasteiger partial charge is 0.243 e. The van der Waals surface area contributed by atoms with E-state index in [0.29, 0.717) is 36.0 Å². The van der Waals surface area contributed by atoms with Gasteiger partial charge in [0.2, 0.25) is 21.8 Å². The molecule has 0 unspecified atom stereocenters. The SMILES string of the molecule is CCCCNC(=O)[C@H](Cc1ccccc1)N(Cc1ccccc1Cl)C(=O)CCCN(c1ccccc1OCC)S(C)(=O)=O. The zero-order chi connectivity index (χ0) is 31.2. The molecule has 232 valence electrons. The maximum atomic E-state index is 14.0. The summed E-state index contributed by atoms with van der Waals surface area (Å²) in [4.78, 5) is 29.2. The average Bonchev–Trinajstić information content (AvgIpc) is 2.98. The van der Waals surface area contributed by atoms with Crippen LogP contribution in [0.4, 0.5) is 5.69 Å². The number of carbonyl (C=O) groups excluding carboxylic acids is 2. The Hall–Kier alpha value is -3.56. The zero-order valence-corrected chi connectivity index (χ0v) is 26.7. The van der Waals surface area contributed by atoms with E-state index in [1.54, 1.807) is 35.2 Å². The van der Waals surface area contributed by atoms with Gasteiger partial charge in [0.25, 0.3) is 0 Å². The molecule has 3 rings (SSSR count). The number of carbonyl (C=O) groups is 2. The van der Waals surface area contributed by atoms with Gasteiger partial charge in [-0.15, -0.1) is 0 Å². The third kappa shape index (κ3) is 10.3. The number of hydrogen-bond donors (Lipinski definition) is 1. The van der Waals surface area contributed by atoms with Crippen LogP contribution in [-0.4, -0.2) is 57.1 Å². The quantitative estimate of drug-likeness (QED) is 0.190.